The van der Waals surface area contributed by atoms with Crippen molar-refractivity contribution in [1.82, 2.24) is 4.90 Å². The minimum absolute atomic E-state index is 0.402. The number of hydrogen-bond acceptors (Lipinski definition) is 2. The van der Waals surface area contributed by atoms with Gasteiger partial charge in [0, 0.05) is 18.6 Å². The van der Waals surface area contributed by atoms with E-state index in [0.717, 1.165) is 12.5 Å². The average molecular weight is 240 g/mol. The normalized spacial score (nSPS) is 28.8. The number of nitrogens with zero attached hydrogens (tertiary/aromatic N) is 1. The lowest BCUT2D eigenvalue weighted by Gasteiger charge is -2.37. The van der Waals surface area contributed by atoms with Crippen molar-refractivity contribution < 1.29 is 0 Å². The van der Waals surface area contributed by atoms with Crippen molar-refractivity contribution in [3.05, 3.63) is 0 Å². The fourth-order valence-electron chi connectivity index (χ4n) is 2.98. The summed E-state index contributed by atoms with van der Waals surface area (Å²) >= 11 is 0. The third-order valence-electron chi connectivity index (χ3n) is 4.40. The van der Waals surface area contributed by atoms with E-state index < -0.39 is 0 Å². The van der Waals surface area contributed by atoms with Crippen molar-refractivity contribution in [3.63, 3.8) is 0 Å². The molecule has 2 nitrogen and oxygen atoms in total. The van der Waals surface area contributed by atoms with Gasteiger partial charge in [-0.15, -0.1) is 0 Å². The molecule has 3 unspecified atom stereocenters. The van der Waals surface area contributed by atoms with Gasteiger partial charge in [0.2, 0.25) is 0 Å². The van der Waals surface area contributed by atoms with Crippen LogP contribution in [0.5, 0.6) is 0 Å². The average Bonchev–Trinajstić information content (AvgIpc) is 2.32. The molecule has 17 heavy (non-hydrogen) atoms. The number of hydrogen-bond donors (Lipinski definition) is 1. The van der Waals surface area contributed by atoms with E-state index in [2.05, 4.69) is 25.7 Å². The molecule has 0 spiro atoms. The second kappa shape index (κ2) is 8.10. The highest BCUT2D eigenvalue weighted by Crippen LogP contribution is 2.22. The van der Waals surface area contributed by atoms with Crippen molar-refractivity contribution in [1.29, 1.82) is 0 Å². The summed E-state index contributed by atoms with van der Waals surface area (Å²) in [6, 6.07) is 1.04. The van der Waals surface area contributed by atoms with Crippen LogP contribution in [0.4, 0.5) is 0 Å². The first-order valence-corrected chi connectivity index (χ1v) is 7.68. The maximum Gasteiger partial charge on any atom is 0.0247 e. The molecule has 0 amide bonds. The minimum Gasteiger partial charge on any atom is -0.326 e. The Morgan fingerprint density at radius 1 is 1.12 bits per heavy atom. The highest BCUT2D eigenvalue weighted by molar-refractivity contribution is 4.84. The van der Waals surface area contributed by atoms with E-state index in [1.165, 1.54) is 51.5 Å². The molecular weight excluding hydrogens is 208 g/mol. The molecule has 1 fully saturated rings. The number of nitrogens with two attached hydrogens (primary N) is 1. The van der Waals surface area contributed by atoms with Crippen molar-refractivity contribution >= 4 is 0 Å². The van der Waals surface area contributed by atoms with Crippen molar-refractivity contribution in [2.24, 2.45) is 11.7 Å². The first kappa shape index (κ1) is 15.0. The summed E-state index contributed by atoms with van der Waals surface area (Å²) in [4.78, 5) is 2.64. The molecule has 3 atom stereocenters. The van der Waals surface area contributed by atoms with Gasteiger partial charge in [0.1, 0.15) is 0 Å². The molecule has 1 saturated carbocycles. The van der Waals surface area contributed by atoms with Crippen LogP contribution < -0.4 is 5.73 Å². The van der Waals surface area contributed by atoms with E-state index >= 15 is 0 Å². The maximum absolute atomic E-state index is 6.40. The third-order valence-corrected chi connectivity index (χ3v) is 4.40. The van der Waals surface area contributed by atoms with Gasteiger partial charge >= 0.3 is 0 Å². The molecule has 0 aromatic heterocycles. The second-order valence-corrected chi connectivity index (χ2v) is 5.82. The molecule has 0 aromatic rings. The SMILES string of the molecule is CCC(C)CN(CC)C1CCCCCCC1N. The summed E-state index contributed by atoms with van der Waals surface area (Å²) in [6.07, 6.45) is 9.31. The predicted molar refractivity (Wildman–Crippen MR) is 76.2 cm³/mol. The molecule has 2 N–H and O–H groups in total. The van der Waals surface area contributed by atoms with Crippen LogP contribution in [0, 0.1) is 5.92 Å². The Kier molecular flexibility index (Phi) is 7.14. The Hall–Kier alpha value is -0.0800. The highest BCUT2D eigenvalue weighted by atomic mass is 15.2. The lowest BCUT2D eigenvalue weighted by Crippen LogP contribution is -2.49. The zero-order chi connectivity index (χ0) is 12.7. The van der Waals surface area contributed by atoms with E-state index in [1.54, 1.807) is 0 Å². The quantitative estimate of drug-likeness (QED) is 0.798. The summed E-state index contributed by atoms with van der Waals surface area (Å²) in [5.41, 5.74) is 6.40. The van der Waals surface area contributed by atoms with Gasteiger partial charge in [-0.25, -0.2) is 0 Å². The first-order chi connectivity index (χ1) is 8.19. The van der Waals surface area contributed by atoms with E-state index in [-0.39, 0.29) is 0 Å². The van der Waals surface area contributed by atoms with Crippen molar-refractivity contribution in [3.8, 4) is 0 Å². The fourth-order valence-corrected chi connectivity index (χ4v) is 2.98. The largest absolute Gasteiger partial charge is 0.326 e. The number of rotatable bonds is 5. The molecule has 0 heterocycles. The van der Waals surface area contributed by atoms with E-state index in [1.807, 2.05) is 0 Å². The minimum atomic E-state index is 0.402. The van der Waals surface area contributed by atoms with Crippen LogP contribution >= 0.6 is 0 Å². The lowest BCUT2D eigenvalue weighted by molar-refractivity contribution is 0.135. The zero-order valence-corrected chi connectivity index (χ0v) is 12.1. The van der Waals surface area contributed by atoms with Gasteiger partial charge < -0.3 is 5.73 Å². The summed E-state index contributed by atoms with van der Waals surface area (Å²) in [5.74, 6) is 0.799. The monoisotopic (exact) mass is 240 g/mol. The summed E-state index contributed by atoms with van der Waals surface area (Å²) in [7, 11) is 0. The Balaban J connectivity index is 2.56. The van der Waals surface area contributed by atoms with Crippen LogP contribution in [0.2, 0.25) is 0 Å². The second-order valence-electron chi connectivity index (χ2n) is 5.82. The molecule has 102 valence electrons. The maximum atomic E-state index is 6.40. The highest BCUT2D eigenvalue weighted by Gasteiger charge is 2.25. The molecule has 0 saturated heterocycles. The summed E-state index contributed by atoms with van der Waals surface area (Å²) in [5, 5.41) is 0. The fraction of sp³-hybridized carbons (Fsp3) is 1.00. The Morgan fingerprint density at radius 3 is 2.35 bits per heavy atom. The Morgan fingerprint density at radius 2 is 1.76 bits per heavy atom. The molecule has 0 bridgehead atoms. The van der Waals surface area contributed by atoms with Crippen LogP contribution in [0.25, 0.3) is 0 Å². The van der Waals surface area contributed by atoms with Crippen LogP contribution in [0.3, 0.4) is 0 Å². The van der Waals surface area contributed by atoms with Crippen LogP contribution in [-0.2, 0) is 0 Å². The van der Waals surface area contributed by atoms with Crippen LogP contribution in [0.1, 0.15) is 65.7 Å². The van der Waals surface area contributed by atoms with Gasteiger partial charge in [-0.2, -0.15) is 0 Å². The molecule has 1 rings (SSSR count). The standard InChI is InChI=1S/C15H32N2/c1-4-13(3)12-17(5-2)15-11-9-7-6-8-10-14(15)16/h13-15H,4-12,16H2,1-3H3. The Labute approximate surface area is 108 Å². The molecule has 0 aromatic carbocycles. The summed E-state index contributed by atoms with van der Waals surface area (Å²) < 4.78 is 0. The van der Waals surface area contributed by atoms with Crippen molar-refractivity contribution in [2.45, 2.75) is 77.8 Å². The van der Waals surface area contributed by atoms with E-state index in [4.69, 9.17) is 5.73 Å². The van der Waals surface area contributed by atoms with Crippen molar-refractivity contribution in [2.75, 3.05) is 13.1 Å². The molecule has 0 radical (unpaired) electrons. The first-order valence-electron chi connectivity index (χ1n) is 7.68. The van der Waals surface area contributed by atoms with Gasteiger partial charge in [-0.1, -0.05) is 52.9 Å². The molecule has 0 aliphatic heterocycles. The molecule has 1 aliphatic carbocycles. The third kappa shape index (κ3) is 4.97. The van der Waals surface area contributed by atoms with Crippen LogP contribution in [-0.4, -0.2) is 30.1 Å². The van der Waals surface area contributed by atoms with E-state index in [0.29, 0.717) is 12.1 Å². The zero-order valence-electron chi connectivity index (χ0n) is 12.1. The smallest absolute Gasteiger partial charge is 0.0247 e. The van der Waals surface area contributed by atoms with E-state index in [9.17, 15) is 0 Å². The van der Waals surface area contributed by atoms with Gasteiger partial charge in [-0.05, 0) is 25.3 Å². The number of likely N-dealkylation sites (N-methyl/N-ethyl adjacent to an activating group) is 1. The lowest BCUT2D eigenvalue weighted by atomic mass is 9.91. The van der Waals surface area contributed by atoms with Gasteiger partial charge in [-0.3, -0.25) is 4.90 Å². The molecule has 2 heteroatoms. The predicted octanol–water partition coefficient (Wildman–Crippen LogP) is 3.40. The van der Waals surface area contributed by atoms with Crippen LogP contribution in [0.15, 0.2) is 0 Å². The Bertz CT molecular complexity index is 193. The van der Waals surface area contributed by atoms with Gasteiger partial charge in [0.05, 0.1) is 0 Å². The molecule has 1 aliphatic rings. The van der Waals surface area contributed by atoms with Gasteiger partial charge in [0.25, 0.3) is 0 Å². The molecular formula is C15H32N2. The van der Waals surface area contributed by atoms with Gasteiger partial charge in [0.15, 0.2) is 0 Å². The summed E-state index contributed by atoms with van der Waals surface area (Å²) in [6.45, 7) is 9.32. The topological polar surface area (TPSA) is 29.3 Å².